The predicted octanol–water partition coefficient (Wildman–Crippen LogP) is 3.84. The largest absolute Gasteiger partial charge is 0.396 e. The summed E-state index contributed by atoms with van der Waals surface area (Å²) in [4.78, 5) is -0.0188. The van der Waals surface area contributed by atoms with Crippen molar-refractivity contribution in [3.63, 3.8) is 0 Å². The molecule has 0 unspecified atom stereocenters. The Bertz CT molecular complexity index is 911. The van der Waals surface area contributed by atoms with E-state index in [0.29, 0.717) is 0 Å². The molecule has 1 atom stereocenters. The van der Waals surface area contributed by atoms with Gasteiger partial charge in [0.25, 0.3) is 0 Å². The molecule has 7 heteroatoms. The predicted molar refractivity (Wildman–Crippen MR) is 113 cm³/mol. The smallest absolute Gasteiger partial charge is 0.195 e. The van der Waals surface area contributed by atoms with Gasteiger partial charge in [-0.3, -0.25) is 0 Å². The van der Waals surface area contributed by atoms with Gasteiger partial charge < -0.3 is 5.11 Å². The lowest BCUT2D eigenvalue weighted by Gasteiger charge is -2.31. The molecule has 1 aliphatic rings. The number of aliphatic hydroxyl groups is 1. The number of hydrogen-bond acceptors (Lipinski definition) is 5. The van der Waals surface area contributed by atoms with Crippen molar-refractivity contribution in [2.24, 2.45) is 11.8 Å². The molecule has 1 N–H and O–H groups in total. The van der Waals surface area contributed by atoms with E-state index in [0.717, 1.165) is 32.1 Å². The third kappa shape index (κ3) is 4.90. The zero-order valence-corrected chi connectivity index (χ0v) is 18.0. The van der Waals surface area contributed by atoms with Crippen LogP contribution in [0.25, 0.3) is 0 Å². The van der Waals surface area contributed by atoms with Crippen LogP contribution >= 0.6 is 0 Å². The molecular formula is C22H28O5S2. The van der Waals surface area contributed by atoms with Crippen LogP contribution in [0.2, 0.25) is 0 Å². The van der Waals surface area contributed by atoms with E-state index in [9.17, 15) is 21.9 Å². The van der Waals surface area contributed by atoms with Gasteiger partial charge in [-0.25, -0.2) is 16.8 Å². The lowest BCUT2D eigenvalue weighted by atomic mass is 9.79. The van der Waals surface area contributed by atoms with Gasteiger partial charge in [-0.2, -0.15) is 0 Å². The van der Waals surface area contributed by atoms with Gasteiger partial charge in [-0.05, 0) is 42.5 Å². The lowest BCUT2D eigenvalue weighted by Crippen LogP contribution is -2.36. The Balaban J connectivity index is 2.04. The van der Waals surface area contributed by atoms with E-state index < -0.39 is 24.3 Å². The molecular weight excluding hydrogens is 408 g/mol. The summed E-state index contributed by atoms with van der Waals surface area (Å²) in [6.07, 6.45) is 4.88. The Morgan fingerprint density at radius 1 is 0.759 bits per heavy atom. The molecule has 2 aromatic carbocycles. The van der Waals surface area contributed by atoms with Gasteiger partial charge in [-0.1, -0.05) is 68.5 Å². The highest BCUT2D eigenvalue weighted by Gasteiger charge is 2.42. The maximum absolute atomic E-state index is 13.4. The second-order valence-electron chi connectivity index (χ2n) is 7.72. The zero-order valence-electron chi connectivity index (χ0n) is 16.4. The Hall–Kier alpha value is -1.70. The molecule has 2 aromatic rings. The van der Waals surface area contributed by atoms with E-state index >= 15 is 0 Å². The Morgan fingerprint density at radius 2 is 1.21 bits per heavy atom. The van der Waals surface area contributed by atoms with Crippen LogP contribution in [-0.2, 0) is 19.7 Å². The molecule has 0 aliphatic heterocycles. The van der Waals surface area contributed by atoms with Crippen LogP contribution in [-0.4, -0.2) is 33.1 Å². The summed E-state index contributed by atoms with van der Waals surface area (Å²) < 4.78 is 52.1. The van der Waals surface area contributed by atoms with Crippen molar-refractivity contribution in [2.45, 2.75) is 52.9 Å². The number of sulfone groups is 2. The van der Waals surface area contributed by atoms with Gasteiger partial charge in [0, 0.05) is 6.61 Å². The fourth-order valence-electron chi connectivity index (χ4n) is 4.21. The fourth-order valence-corrected chi connectivity index (χ4v) is 8.89. The van der Waals surface area contributed by atoms with Gasteiger partial charge in [0.1, 0.15) is 0 Å². The average molecular weight is 437 g/mol. The van der Waals surface area contributed by atoms with E-state index in [4.69, 9.17) is 0 Å². The maximum atomic E-state index is 13.4. The van der Waals surface area contributed by atoms with Crippen LogP contribution in [0.3, 0.4) is 0 Å². The Labute approximate surface area is 173 Å². The van der Waals surface area contributed by atoms with Crippen molar-refractivity contribution in [2.75, 3.05) is 6.61 Å². The normalized spacial score (nSPS) is 17.3. The van der Waals surface area contributed by atoms with Crippen molar-refractivity contribution < 1.29 is 21.9 Å². The summed E-state index contributed by atoms with van der Waals surface area (Å²) in [6.45, 7) is -0.213. The quantitative estimate of drug-likeness (QED) is 0.679. The van der Waals surface area contributed by atoms with Crippen LogP contribution in [0.5, 0.6) is 0 Å². The molecule has 0 saturated heterocycles. The molecule has 3 rings (SSSR count). The monoisotopic (exact) mass is 436 g/mol. The summed E-state index contributed by atoms with van der Waals surface area (Å²) in [6, 6.07) is 15.4. The first-order valence-corrected chi connectivity index (χ1v) is 13.2. The molecule has 29 heavy (non-hydrogen) atoms. The number of aliphatic hydroxyl groups excluding tert-OH is 1. The first kappa shape index (κ1) is 22.0. The van der Waals surface area contributed by atoms with Gasteiger partial charge in [0.2, 0.25) is 0 Å². The van der Waals surface area contributed by atoms with E-state index in [1.165, 1.54) is 24.3 Å². The molecule has 0 bridgehead atoms. The fraction of sp³-hybridized carbons (Fsp3) is 0.455. The summed E-state index contributed by atoms with van der Waals surface area (Å²) in [7, 11) is -8.30. The molecule has 1 fully saturated rings. The van der Waals surface area contributed by atoms with Gasteiger partial charge in [0.15, 0.2) is 24.3 Å². The highest BCUT2D eigenvalue weighted by atomic mass is 32.3. The lowest BCUT2D eigenvalue weighted by molar-refractivity contribution is 0.142. The second kappa shape index (κ2) is 9.41. The molecule has 1 aliphatic carbocycles. The zero-order chi connectivity index (χ0) is 20.9. The van der Waals surface area contributed by atoms with Crippen molar-refractivity contribution >= 4 is 19.7 Å². The van der Waals surface area contributed by atoms with Crippen molar-refractivity contribution in [3.05, 3.63) is 60.7 Å². The first-order valence-electron chi connectivity index (χ1n) is 10.1. The van der Waals surface area contributed by atoms with Gasteiger partial charge in [-0.15, -0.1) is 0 Å². The highest BCUT2D eigenvalue weighted by Crippen LogP contribution is 2.37. The minimum absolute atomic E-state index is 0.00941. The van der Waals surface area contributed by atoms with E-state index in [2.05, 4.69) is 0 Å². The van der Waals surface area contributed by atoms with Gasteiger partial charge in [0.05, 0.1) is 9.79 Å². The average Bonchev–Trinajstić information content (AvgIpc) is 2.76. The summed E-state index contributed by atoms with van der Waals surface area (Å²) in [5.74, 6) is -0.217. The maximum Gasteiger partial charge on any atom is 0.195 e. The standard InChI is InChI=1S/C22H28O5S2/c23-17-19(18-10-4-1-5-11-18)16-22(28(24,25)20-12-6-2-7-13-20)29(26,27)21-14-8-3-9-15-21/h2-3,6-9,12-15,18-19,22-23H,1,4-5,10-11,16-17H2/t19-/m0/s1. The number of benzene rings is 2. The second-order valence-corrected chi connectivity index (χ2v) is 12.3. The first-order chi connectivity index (χ1) is 13.9. The number of rotatable bonds is 8. The highest BCUT2D eigenvalue weighted by molar-refractivity contribution is 8.09. The molecule has 158 valence electrons. The molecule has 0 spiro atoms. The van der Waals surface area contributed by atoms with E-state index in [1.807, 2.05) is 0 Å². The summed E-state index contributed by atoms with van der Waals surface area (Å²) in [5, 5.41) is 10.0. The Morgan fingerprint density at radius 3 is 1.62 bits per heavy atom. The van der Waals surface area contributed by atoms with Crippen LogP contribution < -0.4 is 0 Å². The minimum Gasteiger partial charge on any atom is -0.396 e. The topological polar surface area (TPSA) is 88.5 Å². The van der Waals surface area contributed by atoms with E-state index in [1.54, 1.807) is 36.4 Å². The van der Waals surface area contributed by atoms with Crippen molar-refractivity contribution in [1.82, 2.24) is 0 Å². The Kier molecular flexibility index (Phi) is 7.14. The number of hydrogen-bond donors (Lipinski definition) is 1. The summed E-state index contributed by atoms with van der Waals surface area (Å²) >= 11 is 0. The van der Waals surface area contributed by atoms with Crippen molar-refractivity contribution in [3.8, 4) is 0 Å². The van der Waals surface area contributed by atoms with Crippen LogP contribution in [0.15, 0.2) is 70.5 Å². The molecule has 0 radical (unpaired) electrons. The molecule has 0 amide bonds. The SMILES string of the molecule is O=S(=O)(c1ccccc1)C(C[C@@H](CO)C1CCCCC1)S(=O)(=O)c1ccccc1. The van der Waals surface area contributed by atoms with Crippen LogP contribution in [0.1, 0.15) is 38.5 Å². The van der Waals surface area contributed by atoms with Gasteiger partial charge >= 0.3 is 0 Å². The molecule has 1 saturated carbocycles. The van der Waals surface area contributed by atoms with Crippen LogP contribution in [0.4, 0.5) is 0 Å². The molecule has 5 nitrogen and oxygen atoms in total. The third-order valence-electron chi connectivity index (χ3n) is 5.88. The molecule has 0 heterocycles. The summed E-state index contributed by atoms with van der Waals surface area (Å²) in [5.41, 5.74) is 0. The third-order valence-corrected chi connectivity index (χ3v) is 11.0. The van der Waals surface area contributed by atoms with E-state index in [-0.39, 0.29) is 34.7 Å². The molecule has 0 aromatic heterocycles. The minimum atomic E-state index is -4.15. The van der Waals surface area contributed by atoms with Crippen LogP contribution in [0, 0.1) is 11.8 Å². The van der Waals surface area contributed by atoms with Crippen molar-refractivity contribution in [1.29, 1.82) is 0 Å².